The van der Waals surface area contributed by atoms with Crippen molar-refractivity contribution < 1.29 is 14.3 Å². The fraction of sp³-hybridized carbons (Fsp3) is 0.391. The largest absolute Gasteiger partial charge is 0.453 e. The number of hydrogen-bond donors (Lipinski definition) is 2. The van der Waals surface area contributed by atoms with Crippen LogP contribution < -0.4 is 5.32 Å². The van der Waals surface area contributed by atoms with Crippen LogP contribution in [0.4, 0.5) is 4.79 Å². The van der Waals surface area contributed by atoms with E-state index in [4.69, 9.17) is 6.42 Å². The summed E-state index contributed by atoms with van der Waals surface area (Å²) in [7, 11) is 1.30. The predicted molar refractivity (Wildman–Crippen MR) is 112 cm³/mol. The predicted octanol–water partition coefficient (Wildman–Crippen LogP) is 3.71. The van der Waals surface area contributed by atoms with E-state index in [1.807, 2.05) is 55.1 Å². The van der Waals surface area contributed by atoms with Crippen LogP contribution in [0.25, 0.3) is 11.3 Å². The van der Waals surface area contributed by atoms with Gasteiger partial charge >= 0.3 is 6.09 Å². The fourth-order valence-electron chi connectivity index (χ4n) is 3.75. The Morgan fingerprint density at radius 1 is 1.24 bits per heavy atom. The molecular formula is C23H27N3O3. The molecule has 2 atom stereocenters. The van der Waals surface area contributed by atoms with Crippen molar-refractivity contribution in [2.45, 2.75) is 38.8 Å². The Labute approximate surface area is 171 Å². The monoisotopic (exact) mass is 393 g/mol. The van der Waals surface area contributed by atoms with Crippen LogP contribution in [0.2, 0.25) is 0 Å². The summed E-state index contributed by atoms with van der Waals surface area (Å²) in [6.07, 6.45) is 6.63. The summed E-state index contributed by atoms with van der Waals surface area (Å²) >= 11 is 0. The first-order valence-corrected chi connectivity index (χ1v) is 9.85. The van der Waals surface area contributed by atoms with E-state index in [-0.39, 0.29) is 17.9 Å². The summed E-state index contributed by atoms with van der Waals surface area (Å²) in [5.74, 6) is 2.49. The maximum atomic E-state index is 13.2. The molecular weight excluding hydrogens is 366 g/mol. The van der Waals surface area contributed by atoms with Gasteiger partial charge in [0.15, 0.2) is 0 Å². The van der Waals surface area contributed by atoms with E-state index in [2.05, 4.69) is 21.0 Å². The van der Waals surface area contributed by atoms with Crippen LogP contribution in [0.1, 0.15) is 44.0 Å². The molecule has 0 radical (unpaired) electrons. The van der Waals surface area contributed by atoms with Crippen LogP contribution in [-0.2, 0) is 9.53 Å². The Kier molecular flexibility index (Phi) is 6.28. The Morgan fingerprint density at radius 2 is 1.97 bits per heavy atom. The van der Waals surface area contributed by atoms with E-state index < -0.39 is 12.1 Å². The zero-order valence-corrected chi connectivity index (χ0v) is 17.1. The van der Waals surface area contributed by atoms with Gasteiger partial charge in [-0.15, -0.1) is 6.42 Å². The third kappa shape index (κ3) is 4.45. The quantitative estimate of drug-likeness (QED) is 0.761. The van der Waals surface area contributed by atoms with Crippen LogP contribution in [0.3, 0.4) is 0 Å². The highest BCUT2D eigenvalue weighted by Crippen LogP contribution is 2.34. The number of rotatable bonds is 5. The number of terminal acetylenes is 1. The van der Waals surface area contributed by atoms with Crippen molar-refractivity contribution in [2.75, 3.05) is 13.7 Å². The number of nitrogens with one attached hydrogen (secondary N) is 2. The Hall–Kier alpha value is -3.20. The average Bonchev–Trinajstić information content (AvgIpc) is 3.40. The minimum Gasteiger partial charge on any atom is -0.453 e. The van der Waals surface area contributed by atoms with Crippen LogP contribution in [-0.4, -0.2) is 41.6 Å². The van der Waals surface area contributed by atoms with Crippen molar-refractivity contribution in [1.82, 2.24) is 15.2 Å². The maximum absolute atomic E-state index is 13.2. The number of carbonyl (C=O) groups excluding carboxylic acids is 2. The first-order chi connectivity index (χ1) is 13.9. The molecule has 0 unspecified atom stereocenters. The summed E-state index contributed by atoms with van der Waals surface area (Å²) in [6, 6.07) is 11.2. The third-order valence-corrected chi connectivity index (χ3v) is 5.36. The van der Waals surface area contributed by atoms with Crippen LogP contribution in [0, 0.1) is 18.3 Å². The lowest BCUT2D eigenvalue weighted by molar-refractivity contribution is -0.135. The van der Waals surface area contributed by atoms with Gasteiger partial charge in [-0.25, -0.2) is 4.79 Å². The molecule has 2 amide bonds. The van der Waals surface area contributed by atoms with E-state index in [0.717, 1.165) is 35.4 Å². The second-order valence-electron chi connectivity index (χ2n) is 7.60. The molecule has 0 aliphatic carbocycles. The van der Waals surface area contributed by atoms with Crippen molar-refractivity contribution in [3.8, 4) is 23.6 Å². The molecule has 152 valence electrons. The van der Waals surface area contributed by atoms with Gasteiger partial charge in [0, 0.05) is 23.5 Å². The van der Waals surface area contributed by atoms with Crippen LogP contribution in [0.5, 0.6) is 0 Å². The first-order valence-electron chi connectivity index (χ1n) is 9.85. The molecule has 1 fully saturated rings. The van der Waals surface area contributed by atoms with Crippen molar-refractivity contribution in [2.24, 2.45) is 5.92 Å². The zero-order valence-electron chi connectivity index (χ0n) is 17.1. The second-order valence-corrected chi connectivity index (χ2v) is 7.60. The van der Waals surface area contributed by atoms with Crippen LogP contribution >= 0.6 is 0 Å². The second kappa shape index (κ2) is 8.87. The molecule has 2 N–H and O–H groups in total. The zero-order chi connectivity index (χ0) is 21.0. The molecule has 1 aromatic carbocycles. The molecule has 2 heterocycles. The van der Waals surface area contributed by atoms with E-state index in [9.17, 15) is 9.59 Å². The first kappa shape index (κ1) is 20.5. The number of benzene rings is 1. The van der Waals surface area contributed by atoms with Gasteiger partial charge < -0.3 is 19.9 Å². The topological polar surface area (TPSA) is 74.4 Å². The van der Waals surface area contributed by atoms with E-state index in [1.54, 1.807) is 0 Å². The number of alkyl carbamates (subject to hydrolysis) is 1. The highest BCUT2D eigenvalue weighted by atomic mass is 16.5. The molecule has 29 heavy (non-hydrogen) atoms. The molecule has 1 saturated heterocycles. The van der Waals surface area contributed by atoms with Gasteiger partial charge in [0.2, 0.25) is 5.91 Å². The number of aromatic amines is 1. The molecule has 6 nitrogen and oxygen atoms in total. The molecule has 1 aromatic heterocycles. The van der Waals surface area contributed by atoms with Gasteiger partial charge in [-0.05, 0) is 48.6 Å². The summed E-state index contributed by atoms with van der Waals surface area (Å²) in [6.45, 7) is 4.49. The van der Waals surface area contributed by atoms with E-state index in [0.29, 0.717) is 6.54 Å². The third-order valence-electron chi connectivity index (χ3n) is 5.36. The lowest BCUT2D eigenvalue weighted by Crippen LogP contribution is -2.51. The average molecular weight is 393 g/mol. The molecule has 1 aliphatic rings. The lowest BCUT2D eigenvalue weighted by atomic mass is 10.0. The molecule has 0 spiro atoms. The van der Waals surface area contributed by atoms with E-state index in [1.165, 1.54) is 7.11 Å². The minimum atomic E-state index is -0.617. The highest BCUT2D eigenvalue weighted by molar-refractivity contribution is 5.86. The number of carbonyl (C=O) groups is 2. The van der Waals surface area contributed by atoms with Crippen LogP contribution in [0.15, 0.2) is 36.4 Å². The fourth-order valence-corrected chi connectivity index (χ4v) is 3.75. The Bertz CT molecular complexity index is 908. The van der Waals surface area contributed by atoms with Gasteiger partial charge in [-0.3, -0.25) is 4.79 Å². The van der Waals surface area contributed by atoms with Gasteiger partial charge in [0.25, 0.3) is 0 Å². The minimum absolute atomic E-state index is 0.0399. The van der Waals surface area contributed by atoms with Crippen molar-refractivity contribution in [3.05, 3.63) is 47.7 Å². The molecule has 0 saturated carbocycles. The van der Waals surface area contributed by atoms with Gasteiger partial charge in [0.05, 0.1) is 13.2 Å². The molecule has 3 rings (SSSR count). The SMILES string of the molecule is C#Cc1ccc(-c2ccc([C@@H]3CCCN3C(=O)[C@@H](NC(=O)OC)C(C)C)[nH]2)cc1. The van der Waals surface area contributed by atoms with Gasteiger partial charge in [0.1, 0.15) is 6.04 Å². The summed E-state index contributed by atoms with van der Waals surface area (Å²) < 4.78 is 4.68. The number of methoxy groups -OCH3 is 1. The van der Waals surface area contributed by atoms with Gasteiger partial charge in [-0.2, -0.15) is 0 Å². The number of nitrogens with zero attached hydrogens (tertiary/aromatic N) is 1. The van der Waals surface area contributed by atoms with Crippen molar-refractivity contribution in [3.63, 3.8) is 0 Å². The normalized spacial score (nSPS) is 17.1. The number of ether oxygens (including phenoxy) is 1. The lowest BCUT2D eigenvalue weighted by Gasteiger charge is -2.30. The Balaban J connectivity index is 1.79. The summed E-state index contributed by atoms with van der Waals surface area (Å²) in [4.78, 5) is 30.2. The molecule has 6 heteroatoms. The number of aromatic nitrogens is 1. The van der Waals surface area contributed by atoms with Crippen molar-refractivity contribution in [1.29, 1.82) is 0 Å². The van der Waals surface area contributed by atoms with Gasteiger partial charge in [-0.1, -0.05) is 31.9 Å². The summed E-state index contributed by atoms with van der Waals surface area (Å²) in [5.41, 5.74) is 3.85. The highest BCUT2D eigenvalue weighted by Gasteiger charge is 2.36. The van der Waals surface area contributed by atoms with Crippen molar-refractivity contribution >= 4 is 12.0 Å². The molecule has 0 bridgehead atoms. The standard InChI is InChI=1S/C23H27N3O3/c1-5-16-8-10-17(11-9-16)18-12-13-19(24-18)20-7-6-14-26(20)22(27)21(15(2)3)25-23(28)29-4/h1,8-13,15,20-21,24H,6-7,14H2,2-4H3,(H,25,28)/t20-,21-/m0/s1. The molecule has 2 aromatic rings. The maximum Gasteiger partial charge on any atom is 0.407 e. The number of likely N-dealkylation sites (tertiary alicyclic amines) is 1. The molecule has 1 aliphatic heterocycles. The smallest absolute Gasteiger partial charge is 0.407 e. The number of hydrogen-bond acceptors (Lipinski definition) is 3. The van der Waals surface area contributed by atoms with E-state index >= 15 is 0 Å². The number of H-pyrrole nitrogens is 1. The summed E-state index contributed by atoms with van der Waals surface area (Å²) in [5, 5.41) is 2.68. The Morgan fingerprint density at radius 3 is 2.59 bits per heavy atom. The number of amides is 2.